The lowest BCUT2D eigenvalue weighted by Gasteiger charge is -2.12. The molecule has 0 bridgehead atoms. The zero-order valence-electron chi connectivity index (χ0n) is 8.61. The van der Waals surface area contributed by atoms with Crippen LogP contribution in [0.5, 0.6) is 0 Å². The summed E-state index contributed by atoms with van der Waals surface area (Å²) in [6.45, 7) is -0.441. The molecule has 1 amide bonds. The third kappa shape index (κ3) is 3.41. The smallest absolute Gasteiger partial charge is 0.344 e. The van der Waals surface area contributed by atoms with Gasteiger partial charge >= 0.3 is 12.1 Å². The van der Waals surface area contributed by atoms with Crippen molar-refractivity contribution in [1.82, 2.24) is 5.32 Å². The van der Waals surface area contributed by atoms with Crippen molar-refractivity contribution in [2.45, 2.75) is 12.7 Å². The Bertz CT molecular complexity index is 466. The van der Waals surface area contributed by atoms with E-state index >= 15 is 0 Å². The highest BCUT2D eigenvalue weighted by atomic mass is 35.5. The fourth-order valence-corrected chi connectivity index (χ4v) is 1.63. The molecule has 0 spiro atoms. The average Bonchev–Trinajstić information content (AvgIpc) is 2.27. The SMILES string of the molecule is O=C(NCc1ccc(Cl)c(NO)c1Cl)C(F)(F)F. The summed E-state index contributed by atoms with van der Waals surface area (Å²) in [5.74, 6) is -2.08. The molecule has 0 aliphatic heterocycles. The second-order valence-electron chi connectivity index (χ2n) is 3.19. The van der Waals surface area contributed by atoms with E-state index in [9.17, 15) is 18.0 Å². The van der Waals surface area contributed by atoms with Gasteiger partial charge < -0.3 is 5.32 Å². The number of hydrogen-bond acceptors (Lipinski definition) is 3. The Labute approximate surface area is 110 Å². The predicted octanol–water partition coefficient (Wildman–Crippen LogP) is 2.97. The minimum absolute atomic E-state index is 0.0444. The van der Waals surface area contributed by atoms with Crippen molar-refractivity contribution in [2.75, 3.05) is 5.48 Å². The largest absolute Gasteiger partial charge is 0.471 e. The molecule has 9 heteroatoms. The van der Waals surface area contributed by atoms with Gasteiger partial charge in [0, 0.05) is 6.54 Å². The molecule has 1 aromatic carbocycles. The monoisotopic (exact) mass is 302 g/mol. The first kappa shape index (κ1) is 14.9. The summed E-state index contributed by atoms with van der Waals surface area (Å²) >= 11 is 11.4. The van der Waals surface area contributed by atoms with Crippen LogP contribution in [0.4, 0.5) is 18.9 Å². The van der Waals surface area contributed by atoms with E-state index in [4.69, 9.17) is 28.4 Å². The van der Waals surface area contributed by atoms with Gasteiger partial charge in [0.1, 0.15) is 0 Å². The molecule has 0 radical (unpaired) electrons. The summed E-state index contributed by atoms with van der Waals surface area (Å²) in [6.07, 6.45) is -4.96. The highest BCUT2D eigenvalue weighted by Crippen LogP contribution is 2.32. The molecule has 0 saturated heterocycles. The summed E-state index contributed by atoms with van der Waals surface area (Å²) in [7, 11) is 0. The van der Waals surface area contributed by atoms with Crippen molar-refractivity contribution in [3.63, 3.8) is 0 Å². The van der Waals surface area contributed by atoms with Crippen molar-refractivity contribution < 1.29 is 23.2 Å². The van der Waals surface area contributed by atoms with Crippen LogP contribution in [0.1, 0.15) is 5.56 Å². The van der Waals surface area contributed by atoms with Crippen LogP contribution in [0, 0.1) is 0 Å². The van der Waals surface area contributed by atoms with Gasteiger partial charge in [-0.15, -0.1) is 0 Å². The number of amides is 1. The first-order chi connectivity index (χ1) is 8.27. The van der Waals surface area contributed by atoms with Crippen LogP contribution in [0.25, 0.3) is 0 Å². The molecule has 1 rings (SSSR count). The summed E-state index contributed by atoms with van der Waals surface area (Å²) in [6, 6.07) is 2.66. The van der Waals surface area contributed by atoms with Crippen LogP contribution in [-0.4, -0.2) is 17.3 Å². The van der Waals surface area contributed by atoms with E-state index in [1.165, 1.54) is 12.1 Å². The second kappa shape index (κ2) is 5.64. The standard InChI is InChI=1S/C9H7Cl2F3N2O2/c10-5-2-1-4(6(11)7(5)16-18)3-15-8(17)9(12,13)14/h1-2,16,18H,3H2,(H,15,17). The molecule has 100 valence electrons. The maximum absolute atomic E-state index is 11.9. The lowest BCUT2D eigenvalue weighted by atomic mass is 10.2. The normalized spacial score (nSPS) is 11.2. The van der Waals surface area contributed by atoms with E-state index in [1.807, 2.05) is 0 Å². The van der Waals surface area contributed by atoms with Gasteiger partial charge in [0.05, 0.1) is 15.7 Å². The van der Waals surface area contributed by atoms with E-state index < -0.39 is 18.6 Å². The summed E-state index contributed by atoms with van der Waals surface area (Å²) in [5.41, 5.74) is 1.85. The third-order valence-corrected chi connectivity index (χ3v) is 2.73. The van der Waals surface area contributed by atoms with Crippen LogP contribution in [0.3, 0.4) is 0 Å². The van der Waals surface area contributed by atoms with Gasteiger partial charge in [0.15, 0.2) is 0 Å². The van der Waals surface area contributed by atoms with E-state index in [1.54, 1.807) is 10.8 Å². The molecule has 0 aliphatic rings. The number of carbonyl (C=O) groups excluding carboxylic acids is 1. The molecule has 0 heterocycles. The van der Waals surface area contributed by atoms with Gasteiger partial charge in [0.25, 0.3) is 0 Å². The molecule has 4 nitrogen and oxygen atoms in total. The van der Waals surface area contributed by atoms with Crippen LogP contribution in [0.15, 0.2) is 12.1 Å². The average molecular weight is 303 g/mol. The number of nitrogens with one attached hydrogen (secondary N) is 2. The third-order valence-electron chi connectivity index (χ3n) is 1.98. The fraction of sp³-hybridized carbons (Fsp3) is 0.222. The maximum Gasteiger partial charge on any atom is 0.471 e. The number of benzene rings is 1. The molecule has 1 aromatic rings. The predicted molar refractivity (Wildman–Crippen MR) is 59.8 cm³/mol. The minimum Gasteiger partial charge on any atom is -0.344 e. The molecular formula is C9H7Cl2F3N2O2. The minimum atomic E-state index is -4.96. The highest BCUT2D eigenvalue weighted by Gasteiger charge is 2.38. The van der Waals surface area contributed by atoms with Crippen LogP contribution in [0.2, 0.25) is 10.0 Å². The Morgan fingerprint density at radius 2 is 1.94 bits per heavy atom. The van der Waals surface area contributed by atoms with E-state index in [-0.39, 0.29) is 21.3 Å². The Kier molecular flexibility index (Phi) is 4.66. The van der Waals surface area contributed by atoms with E-state index in [0.717, 1.165) is 0 Å². The van der Waals surface area contributed by atoms with E-state index in [0.29, 0.717) is 0 Å². The Morgan fingerprint density at radius 1 is 1.33 bits per heavy atom. The van der Waals surface area contributed by atoms with Gasteiger partial charge in [-0.1, -0.05) is 29.3 Å². The van der Waals surface area contributed by atoms with Crippen molar-refractivity contribution >= 4 is 34.8 Å². The number of carbonyl (C=O) groups is 1. The fourth-order valence-electron chi connectivity index (χ4n) is 1.11. The van der Waals surface area contributed by atoms with Gasteiger partial charge in [-0.2, -0.15) is 13.2 Å². The molecular weight excluding hydrogens is 296 g/mol. The van der Waals surface area contributed by atoms with Crippen molar-refractivity contribution in [1.29, 1.82) is 0 Å². The molecule has 18 heavy (non-hydrogen) atoms. The lowest BCUT2D eigenvalue weighted by molar-refractivity contribution is -0.173. The lowest BCUT2D eigenvalue weighted by Crippen LogP contribution is -2.36. The van der Waals surface area contributed by atoms with Crippen LogP contribution >= 0.6 is 23.2 Å². The highest BCUT2D eigenvalue weighted by molar-refractivity contribution is 6.39. The van der Waals surface area contributed by atoms with Gasteiger partial charge in [-0.3, -0.25) is 15.5 Å². The van der Waals surface area contributed by atoms with Gasteiger partial charge in [0.2, 0.25) is 0 Å². The molecule has 3 N–H and O–H groups in total. The molecule has 0 unspecified atom stereocenters. The number of halogens is 5. The van der Waals surface area contributed by atoms with Gasteiger partial charge in [-0.25, -0.2) is 0 Å². The van der Waals surface area contributed by atoms with E-state index in [2.05, 4.69) is 0 Å². The summed E-state index contributed by atoms with van der Waals surface area (Å²) in [5, 5.41) is 10.4. The van der Waals surface area contributed by atoms with Crippen LogP contribution < -0.4 is 10.8 Å². The Morgan fingerprint density at radius 3 is 2.44 bits per heavy atom. The second-order valence-corrected chi connectivity index (χ2v) is 3.97. The Hall–Kier alpha value is -1.18. The van der Waals surface area contributed by atoms with Crippen LogP contribution in [-0.2, 0) is 11.3 Å². The topological polar surface area (TPSA) is 61.4 Å². The first-order valence-corrected chi connectivity index (χ1v) is 5.25. The zero-order chi connectivity index (χ0) is 13.9. The number of alkyl halides is 3. The number of rotatable bonds is 3. The molecule has 0 saturated carbocycles. The van der Waals surface area contributed by atoms with Crippen molar-refractivity contribution in [3.05, 3.63) is 27.7 Å². The molecule has 0 fully saturated rings. The quantitative estimate of drug-likeness (QED) is 0.752. The van der Waals surface area contributed by atoms with Gasteiger partial charge in [-0.05, 0) is 11.6 Å². The number of hydrogen-bond donors (Lipinski definition) is 3. The summed E-state index contributed by atoms with van der Waals surface area (Å²) < 4.78 is 35.8. The Balaban J connectivity index is 2.84. The summed E-state index contributed by atoms with van der Waals surface area (Å²) in [4.78, 5) is 10.6. The van der Waals surface area contributed by atoms with Crippen molar-refractivity contribution in [3.8, 4) is 0 Å². The molecule has 0 atom stereocenters. The maximum atomic E-state index is 11.9. The zero-order valence-corrected chi connectivity index (χ0v) is 10.1. The molecule has 0 aromatic heterocycles. The molecule has 0 aliphatic carbocycles. The number of anilines is 1. The first-order valence-electron chi connectivity index (χ1n) is 4.49. The van der Waals surface area contributed by atoms with Crippen molar-refractivity contribution in [2.24, 2.45) is 0 Å².